The predicted molar refractivity (Wildman–Crippen MR) is 133 cm³/mol. The van der Waals surface area contributed by atoms with Crippen molar-refractivity contribution in [3.8, 4) is 5.75 Å². The van der Waals surface area contributed by atoms with Gasteiger partial charge in [-0.2, -0.15) is 0 Å². The highest BCUT2D eigenvalue weighted by atomic mass is 79.9. The zero-order chi connectivity index (χ0) is 23.9. The number of hydrogen-bond donors (Lipinski definition) is 1. The van der Waals surface area contributed by atoms with E-state index in [0.29, 0.717) is 18.8 Å². The highest BCUT2D eigenvalue weighted by molar-refractivity contribution is 9.10. The molecule has 2 aromatic carbocycles. The van der Waals surface area contributed by atoms with E-state index >= 15 is 0 Å². The lowest BCUT2D eigenvalue weighted by Gasteiger charge is -2.29. The van der Waals surface area contributed by atoms with E-state index < -0.39 is 6.04 Å². The Bertz CT molecular complexity index is 937. The van der Waals surface area contributed by atoms with Crippen molar-refractivity contribution in [2.75, 3.05) is 13.2 Å². The standard InChI is InChI=1S/C26H35BrN2O3/c1-7-13-28-25(31)19(3)29(16-20-10-8-9-18(2)14-20)24(30)17-32-23-12-11-21(15-22(23)27)26(4,5)6/h8-12,14-15,19H,7,13,16-17H2,1-6H3,(H,28,31). The quantitative estimate of drug-likeness (QED) is 0.500. The van der Waals surface area contributed by atoms with Crippen LogP contribution < -0.4 is 10.1 Å². The van der Waals surface area contributed by atoms with Gasteiger partial charge in [0.05, 0.1) is 4.47 Å². The van der Waals surface area contributed by atoms with Gasteiger partial charge in [0.2, 0.25) is 5.91 Å². The highest BCUT2D eigenvalue weighted by Gasteiger charge is 2.26. The molecule has 0 fully saturated rings. The zero-order valence-corrected chi connectivity index (χ0v) is 21.6. The number of benzene rings is 2. The largest absolute Gasteiger partial charge is 0.483 e. The van der Waals surface area contributed by atoms with Gasteiger partial charge in [0.1, 0.15) is 11.8 Å². The summed E-state index contributed by atoms with van der Waals surface area (Å²) in [6.45, 7) is 13.0. The van der Waals surface area contributed by atoms with Crippen LogP contribution in [0.2, 0.25) is 0 Å². The van der Waals surface area contributed by atoms with Crippen LogP contribution in [0, 0.1) is 6.92 Å². The molecule has 32 heavy (non-hydrogen) atoms. The second-order valence-corrected chi connectivity index (χ2v) is 10.0. The number of nitrogens with zero attached hydrogens (tertiary/aromatic N) is 1. The monoisotopic (exact) mass is 502 g/mol. The molecule has 0 aliphatic carbocycles. The fourth-order valence-corrected chi connectivity index (χ4v) is 3.79. The first-order valence-electron chi connectivity index (χ1n) is 11.1. The van der Waals surface area contributed by atoms with E-state index in [1.54, 1.807) is 11.8 Å². The van der Waals surface area contributed by atoms with Crippen molar-refractivity contribution in [3.63, 3.8) is 0 Å². The van der Waals surface area contributed by atoms with Crippen LogP contribution in [0.25, 0.3) is 0 Å². The van der Waals surface area contributed by atoms with Crippen LogP contribution in [0.4, 0.5) is 0 Å². The molecule has 1 atom stereocenters. The van der Waals surface area contributed by atoms with E-state index in [1.807, 2.05) is 56.3 Å². The van der Waals surface area contributed by atoms with Gasteiger partial charge in [0.25, 0.3) is 5.91 Å². The van der Waals surface area contributed by atoms with Crippen LogP contribution in [0.3, 0.4) is 0 Å². The van der Waals surface area contributed by atoms with Crippen molar-refractivity contribution in [1.82, 2.24) is 10.2 Å². The van der Waals surface area contributed by atoms with Crippen LogP contribution >= 0.6 is 15.9 Å². The van der Waals surface area contributed by atoms with Crippen LogP contribution in [0.5, 0.6) is 5.75 Å². The molecule has 0 spiro atoms. The number of halogens is 1. The van der Waals surface area contributed by atoms with Gasteiger partial charge in [-0.15, -0.1) is 0 Å². The van der Waals surface area contributed by atoms with Gasteiger partial charge >= 0.3 is 0 Å². The van der Waals surface area contributed by atoms with Gasteiger partial charge in [0, 0.05) is 13.1 Å². The molecule has 5 nitrogen and oxygen atoms in total. The summed E-state index contributed by atoms with van der Waals surface area (Å²) in [6.07, 6.45) is 0.839. The van der Waals surface area contributed by atoms with Crippen molar-refractivity contribution < 1.29 is 14.3 Å². The fraction of sp³-hybridized carbons (Fsp3) is 0.462. The van der Waals surface area contributed by atoms with E-state index in [9.17, 15) is 9.59 Å². The number of aryl methyl sites for hydroxylation is 1. The highest BCUT2D eigenvalue weighted by Crippen LogP contribution is 2.31. The van der Waals surface area contributed by atoms with Gasteiger partial charge in [-0.05, 0) is 64.9 Å². The summed E-state index contributed by atoms with van der Waals surface area (Å²) in [5.41, 5.74) is 3.27. The maximum absolute atomic E-state index is 13.2. The van der Waals surface area contributed by atoms with Gasteiger partial charge in [0.15, 0.2) is 6.61 Å². The summed E-state index contributed by atoms with van der Waals surface area (Å²) < 4.78 is 6.65. The number of nitrogens with one attached hydrogen (secondary N) is 1. The second kappa shape index (κ2) is 11.5. The van der Waals surface area contributed by atoms with E-state index in [4.69, 9.17) is 4.74 Å². The minimum absolute atomic E-state index is 0.0166. The van der Waals surface area contributed by atoms with Crippen molar-refractivity contribution in [2.45, 2.75) is 66.0 Å². The molecule has 2 amide bonds. The van der Waals surface area contributed by atoms with Crippen LogP contribution in [0.1, 0.15) is 57.7 Å². The summed E-state index contributed by atoms with van der Waals surface area (Å²) in [7, 11) is 0. The van der Waals surface area contributed by atoms with E-state index in [0.717, 1.165) is 22.0 Å². The van der Waals surface area contributed by atoms with Crippen LogP contribution in [-0.4, -0.2) is 35.9 Å². The molecule has 174 valence electrons. The molecule has 1 unspecified atom stereocenters. The Morgan fingerprint density at radius 3 is 2.47 bits per heavy atom. The first-order valence-corrected chi connectivity index (χ1v) is 11.9. The Hall–Kier alpha value is -2.34. The lowest BCUT2D eigenvalue weighted by atomic mass is 9.87. The lowest BCUT2D eigenvalue weighted by molar-refractivity contribution is -0.142. The molecule has 2 rings (SSSR count). The molecule has 0 aliphatic rings. The predicted octanol–water partition coefficient (Wildman–Crippen LogP) is 5.38. The first-order chi connectivity index (χ1) is 15.0. The maximum atomic E-state index is 13.2. The third-order valence-electron chi connectivity index (χ3n) is 5.30. The average molecular weight is 503 g/mol. The zero-order valence-electron chi connectivity index (χ0n) is 20.0. The van der Waals surface area contributed by atoms with Gasteiger partial charge in [-0.1, -0.05) is 63.6 Å². The maximum Gasteiger partial charge on any atom is 0.261 e. The molecule has 0 saturated carbocycles. The van der Waals surface area contributed by atoms with Crippen molar-refractivity contribution in [3.05, 3.63) is 63.6 Å². The minimum atomic E-state index is -0.607. The smallest absolute Gasteiger partial charge is 0.261 e. The van der Waals surface area contributed by atoms with E-state index in [2.05, 4.69) is 42.0 Å². The second-order valence-electron chi connectivity index (χ2n) is 9.16. The van der Waals surface area contributed by atoms with Gasteiger partial charge in [-0.3, -0.25) is 9.59 Å². The molecule has 0 heterocycles. The molecular formula is C26H35BrN2O3. The summed E-state index contributed by atoms with van der Waals surface area (Å²) in [4.78, 5) is 27.4. The summed E-state index contributed by atoms with van der Waals surface area (Å²) in [6, 6.07) is 13.3. The number of ether oxygens (including phenoxy) is 1. The summed E-state index contributed by atoms with van der Waals surface area (Å²) in [5.74, 6) is 0.200. The van der Waals surface area contributed by atoms with Gasteiger partial charge < -0.3 is 15.0 Å². The van der Waals surface area contributed by atoms with E-state index in [1.165, 1.54) is 5.56 Å². The number of carbonyl (C=O) groups excluding carboxylic acids is 2. The van der Waals surface area contributed by atoms with Gasteiger partial charge in [-0.25, -0.2) is 0 Å². The third kappa shape index (κ3) is 7.37. The first kappa shape index (κ1) is 25.9. The van der Waals surface area contributed by atoms with Crippen LogP contribution in [0.15, 0.2) is 46.9 Å². The topological polar surface area (TPSA) is 58.6 Å². The lowest BCUT2D eigenvalue weighted by Crippen LogP contribution is -2.49. The third-order valence-corrected chi connectivity index (χ3v) is 5.92. The molecule has 0 aromatic heterocycles. The van der Waals surface area contributed by atoms with Crippen molar-refractivity contribution in [1.29, 1.82) is 0 Å². The van der Waals surface area contributed by atoms with E-state index in [-0.39, 0.29) is 23.8 Å². The number of rotatable bonds is 9. The fourth-order valence-electron chi connectivity index (χ4n) is 3.29. The normalized spacial score (nSPS) is 12.2. The molecule has 0 aliphatic heterocycles. The molecule has 0 radical (unpaired) electrons. The Kier molecular flexibility index (Phi) is 9.32. The molecular weight excluding hydrogens is 468 g/mol. The molecule has 6 heteroatoms. The molecule has 1 N–H and O–H groups in total. The van der Waals surface area contributed by atoms with Crippen molar-refractivity contribution >= 4 is 27.7 Å². The Balaban J connectivity index is 2.17. The summed E-state index contributed by atoms with van der Waals surface area (Å²) >= 11 is 3.56. The number of hydrogen-bond acceptors (Lipinski definition) is 3. The number of carbonyl (C=O) groups is 2. The molecule has 2 aromatic rings. The minimum Gasteiger partial charge on any atom is -0.483 e. The number of amides is 2. The summed E-state index contributed by atoms with van der Waals surface area (Å²) in [5, 5.41) is 2.89. The Morgan fingerprint density at radius 2 is 1.88 bits per heavy atom. The molecule has 0 bridgehead atoms. The van der Waals surface area contributed by atoms with Crippen molar-refractivity contribution in [2.24, 2.45) is 0 Å². The Labute approximate surface area is 200 Å². The molecule has 0 saturated heterocycles. The average Bonchev–Trinajstić information content (AvgIpc) is 2.73. The van der Waals surface area contributed by atoms with Crippen LogP contribution in [-0.2, 0) is 21.5 Å². The Morgan fingerprint density at radius 1 is 1.16 bits per heavy atom. The SMILES string of the molecule is CCCNC(=O)C(C)N(Cc1cccc(C)c1)C(=O)COc1ccc(C(C)(C)C)cc1Br.